The molecule has 0 aromatic heterocycles. The van der Waals surface area contributed by atoms with E-state index in [0.717, 1.165) is 19.3 Å². The Balaban J connectivity index is 2.62. The molecule has 0 amide bonds. The molecule has 66 valence electrons. The van der Waals surface area contributed by atoms with Gasteiger partial charge >= 0.3 is 0 Å². The monoisotopic (exact) mass is 158 g/mol. The number of aliphatic hydroxyl groups is 1. The van der Waals surface area contributed by atoms with E-state index in [9.17, 15) is 0 Å². The fourth-order valence-electron chi connectivity index (χ4n) is 1.99. The molecule has 0 aromatic rings. The molecule has 1 unspecified atom stereocenters. The summed E-state index contributed by atoms with van der Waals surface area (Å²) < 4.78 is 5.33. The quantitative estimate of drug-likeness (QED) is 0.661. The van der Waals surface area contributed by atoms with Gasteiger partial charge in [0.1, 0.15) is 0 Å². The largest absolute Gasteiger partial charge is 0.393 e. The van der Waals surface area contributed by atoms with Gasteiger partial charge in [-0.2, -0.15) is 0 Å². The lowest BCUT2D eigenvalue weighted by atomic mass is 9.89. The first-order chi connectivity index (χ1) is 5.04. The molecule has 2 heteroatoms. The lowest BCUT2D eigenvalue weighted by Crippen LogP contribution is -2.33. The van der Waals surface area contributed by atoms with Gasteiger partial charge in [-0.05, 0) is 24.7 Å². The Hall–Kier alpha value is -0.0800. The van der Waals surface area contributed by atoms with Crippen molar-refractivity contribution in [2.24, 2.45) is 5.41 Å². The highest BCUT2D eigenvalue weighted by molar-refractivity contribution is 4.94. The molecular formula is C9H18O2. The molecule has 2 nitrogen and oxygen atoms in total. The molecule has 0 aromatic carbocycles. The first-order valence-electron chi connectivity index (χ1n) is 4.20. The van der Waals surface area contributed by atoms with Crippen molar-refractivity contribution in [1.82, 2.24) is 0 Å². The van der Waals surface area contributed by atoms with Gasteiger partial charge in [0.05, 0.1) is 12.2 Å². The van der Waals surface area contributed by atoms with Crippen LogP contribution in [0.1, 0.15) is 33.1 Å². The molecule has 1 aliphatic carbocycles. The fourth-order valence-corrected chi connectivity index (χ4v) is 1.99. The van der Waals surface area contributed by atoms with Crippen LogP contribution < -0.4 is 0 Å². The lowest BCUT2D eigenvalue weighted by molar-refractivity contribution is -0.0523. The van der Waals surface area contributed by atoms with E-state index >= 15 is 0 Å². The van der Waals surface area contributed by atoms with Gasteiger partial charge in [-0.25, -0.2) is 0 Å². The Bertz CT molecular complexity index is 136. The molecule has 1 N–H and O–H groups in total. The third-order valence-corrected chi connectivity index (χ3v) is 2.78. The van der Waals surface area contributed by atoms with Crippen LogP contribution in [-0.2, 0) is 4.74 Å². The second-order valence-electron chi connectivity index (χ2n) is 4.39. The van der Waals surface area contributed by atoms with Crippen molar-refractivity contribution in [3.05, 3.63) is 0 Å². The summed E-state index contributed by atoms with van der Waals surface area (Å²) in [5.41, 5.74) is 0.113. The van der Waals surface area contributed by atoms with E-state index in [-0.39, 0.29) is 12.2 Å². The summed E-state index contributed by atoms with van der Waals surface area (Å²) >= 11 is 0. The van der Waals surface area contributed by atoms with Crippen LogP contribution in [0.4, 0.5) is 0 Å². The van der Waals surface area contributed by atoms with Gasteiger partial charge in [0.25, 0.3) is 0 Å². The predicted octanol–water partition coefficient (Wildman–Crippen LogP) is 1.57. The van der Waals surface area contributed by atoms with Crippen LogP contribution in [-0.4, -0.2) is 24.4 Å². The zero-order valence-corrected chi connectivity index (χ0v) is 7.68. The maximum absolute atomic E-state index is 9.12. The van der Waals surface area contributed by atoms with Gasteiger partial charge in [0.15, 0.2) is 0 Å². The van der Waals surface area contributed by atoms with Crippen LogP contribution in [0, 0.1) is 5.41 Å². The Kier molecular flexibility index (Phi) is 2.26. The zero-order chi connectivity index (χ0) is 8.54. The first-order valence-corrected chi connectivity index (χ1v) is 4.20. The predicted molar refractivity (Wildman–Crippen MR) is 44.5 cm³/mol. The first kappa shape index (κ1) is 9.01. The Labute approximate surface area is 68.6 Å². The molecule has 1 aliphatic rings. The maximum atomic E-state index is 9.12. The summed E-state index contributed by atoms with van der Waals surface area (Å²) in [7, 11) is 1.69. The summed E-state index contributed by atoms with van der Waals surface area (Å²) in [6, 6.07) is 0. The summed E-state index contributed by atoms with van der Waals surface area (Å²) in [6.45, 7) is 4.61. The van der Waals surface area contributed by atoms with Crippen molar-refractivity contribution in [3.8, 4) is 0 Å². The van der Waals surface area contributed by atoms with Crippen molar-refractivity contribution >= 4 is 0 Å². The summed E-state index contributed by atoms with van der Waals surface area (Å²) in [5.74, 6) is 0. The number of hydrogen-bond donors (Lipinski definition) is 1. The van der Waals surface area contributed by atoms with E-state index in [2.05, 4.69) is 13.8 Å². The normalized spacial score (nSPS) is 36.0. The van der Waals surface area contributed by atoms with E-state index in [1.165, 1.54) is 0 Å². The third kappa shape index (κ3) is 1.74. The molecule has 0 spiro atoms. The van der Waals surface area contributed by atoms with Gasteiger partial charge in [0.2, 0.25) is 0 Å². The summed E-state index contributed by atoms with van der Waals surface area (Å²) in [6.07, 6.45) is 3.13. The minimum absolute atomic E-state index is 0.160. The average molecular weight is 158 g/mol. The Morgan fingerprint density at radius 2 is 2.00 bits per heavy atom. The molecule has 0 radical (unpaired) electrons. The number of rotatable bonds is 2. The Morgan fingerprint density at radius 3 is 2.18 bits per heavy atom. The van der Waals surface area contributed by atoms with E-state index < -0.39 is 0 Å². The molecule has 11 heavy (non-hydrogen) atoms. The van der Waals surface area contributed by atoms with Crippen LogP contribution in [0.25, 0.3) is 0 Å². The number of aliphatic hydroxyl groups excluding tert-OH is 1. The van der Waals surface area contributed by atoms with Crippen molar-refractivity contribution < 1.29 is 9.84 Å². The molecule has 1 rings (SSSR count). The minimum atomic E-state index is -0.233. The van der Waals surface area contributed by atoms with Gasteiger partial charge in [-0.1, -0.05) is 13.8 Å². The maximum Gasteiger partial charge on any atom is 0.0913 e. The smallest absolute Gasteiger partial charge is 0.0913 e. The fraction of sp³-hybridized carbons (Fsp3) is 1.00. The van der Waals surface area contributed by atoms with Crippen LogP contribution in [0.15, 0.2) is 0 Å². The van der Waals surface area contributed by atoms with E-state index in [1.807, 2.05) is 0 Å². The van der Waals surface area contributed by atoms with Crippen LogP contribution in [0.3, 0.4) is 0 Å². The molecule has 1 fully saturated rings. The van der Waals surface area contributed by atoms with Crippen LogP contribution in [0.2, 0.25) is 0 Å². The second-order valence-corrected chi connectivity index (χ2v) is 4.39. The lowest BCUT2D eigenvalue weighted by Gasteiger charge is -2.27. The molecular weight excluding hydrogens is 140 g/mol. The van der Waals surface area contributed by atoms with Gasteiger partial charge in [-0.3, -0.25) is 0 Å². The number of hydrogen-bond acceptors (Lipinski definition) is 2. The van der Waals surface area contributed by atoms with Crippen LogP contribution >= 0.6 is 0 Å². The summed E-state index contributed by atoms with van der Waals surface area (Å²) in [4.78, 5) is 0. The van der Waals surface area contributed by atoms with E-state index in [0.29, 0.717) is 5.41 Å². The summed E-state index contributed by atoms with van der Waals surface area (Å²) in [5, 5.41) is 9.12. The third-order valence-electron chi connectivity index (χ3n) is 2.78. The molecule has 1 saturated carbocycles. The second kappa shape index (κ2) is 2.76. The topological polar surface area (TPSA) is 29.5 Å². The molecule has 0 aliphatic heterocycles. The van der Waals surface area contributed by atoms with Crippen molar-refractivity contribution in [1.29, 1.82) is 0 Å². The van der Waals surface area contributed by atoms with E-state index in [4.69, 9.17) is 9.84 Å². The van der Waals surface area contributed by atoms with E-state index in [1.54, 1.807) is 7.11 Å². The van der Waals surface area contributed by atoms with Gasteiger partial charge < -0.3 is 9.84 Å². The standard InChI is InChI=1S/C9H18O2/c1-8(2)4-5-9(6-8,7-10)11-3/h10H,4-7H2,1-3H3. The van der Waals surface area contributed by atoms with Gasteiger partial charge in [0, 0.05) is 7.11 Å². The molecule has 0 heterocycles. The minimum Gasteiger partial charge on any atom is -0.393 e. The van der Waals surface area contributed by atoms with Gasteiger partial charge in [-0.15, -0.1) is 0 Å². The highest BCUT2D eigenvalue weighted by Gasteiger charge is 2.42. The SMILES string of the molecule is COC1(CO)CCC(C)(C)C1. The highest BCUT2D eigenvalue weighted by atomic mass is 16.5. The van der Waals surface area contributed by atoms with Crippen LogP contribution in [0.5, 0.6) is 0 Å². The Morgan fingerprint density at radius 1 is 1.36 bits per heavy atom. The highest BCUT2D eigenvalue weighted by Crippen LogP contribution is 2.44. The van der Waals surface area contributed by atoms with Crippen molar-refractivity contribution in [2.45, 2.75) is 38.7 Å². The average Bonchev–Trinajstić information content (AvgIpc) is 2.28. The number of ether oxygens (including phenoxy) is 1. The van der Waals surface area contributed by atoms with Crippen molar-refractivity contribution in [3.63, 3.8) is 0 Å². The van der Waals surface area contributed by atoms with Crippen molar-refractivity contribution in [2.75, 3.05) is 13.7 Å². The molecule has 0 bridgehead atoms. The molecule has 1 atom stereocenters. The zero-order valence-electron chi connectivity index (χ0n) is 7.68. The molecule has 0 saturated heterocycles. The number of methoxy groups -OCH3 is 1.